The van der Waals surface area contributed by atoms with Gasteiger partial charge in [0.1, 0.15) is 10.6 Å². The molecule has 4 rings (SSSR count). The Morgan fingerprint density at radius 1 is 1.00 bits per heavy atom. The third-order valence-electron chi connectivity index (χ3n) is 4.34. The first-order chi connectivity index (χ1) is 13.8. The number of hydrogen-bond donors (Lipinski definition) is 1. The average molecular weight is 388 g/mol. The number of ether oxygens (including phenoxy) is 1. The van der Waals surface area contributed by atoms with Crippen LogP contribution in [-0.2, 0) is 0 Å². The summed E-state index contributed by atoms with van der Waals surface area (Å²) < 4.78 is 7.45. The zero-order valence-corrected chi connectivity index (χ0v) is 16.3. The first-order valence-corrected chi connectivity index (χ1v) is 9.98. The Kier molecular flexibility index (Phi) is 5.26. The van der Waals surface area contributed by atoms with Gasteiger partial charge in [-0.1, -0.05) is 30.3 Å². The summed E-state index contributed by atoms with van der Waals surface area (Å²) in [5, 5.41) is 5.04. The lowest BCUT2D eigenvalue weighted by Gasteiger charge is -2.10. The number of thiophene rings is 1. The molecule has 0 bridgehead atoms. The standard InChI is InChI=1S/C23H20N2O2S/c1-2-27-19-12-10-18(11-13-19)24-23(26)22-21(25-14-6-7-15-25)20(16-28-22)17-8-4-3-5-9-17/h3-16H,2H2,1H3,(H,24,26). The molecule has 1 N–H and O–H groups in total. The number of nitrogens with zero attached hydrogens (tertiary/aromatic N) is 1. The molecule has 0 unspecified atom stereocenters. The van der Waals surface area contributed by atoms with Crippen LogP contribution in [-0.4, -0.2) is 17.1 Å². The van der Waals surface area contributed by atoms with E-state index in [0.717, 1.165) is 28.3 Å². The molecule has 0 aliphatic rings. The Morgan fingerprint density at radius 2 is 1.71 bits per heavy atom. The lowest BCUT2D eigenvalue weighted by molar-refractivity contribution is 0.103. The summed E-state index contributed by atoms with van der Waals surface area (Å²) >= 11 is 1.45. The van der Waals surface area contributed by atoms with Crippen LogP contribution in [0.1, 0.15) is 16.6 Å². The molecule has 4 aromatic rings. The first kappa shape index (κ1) is 18.1. The summed E-state index contributed by atoms with van der Waals surface area (Å²) in [5.74, 6) is 0.663. The van der Waals surface area contributed by atoms with E-state index in [4.69, 9.17) is 4.74 Å². The Hall–Kier alpha value is -3.31. The molecule has 4 nitrogen and oxygen atoms in total. The molecular weight excluding hydrogens is 368 g/mol. The lowest BCUT2D eigenvalue weighted by Crippen LogP contribution is -2.13. The molecule has 0 radical (unpaired) electrons. The summed E-state index contributed by atoms with van der Waals surface area (Å²) in [5.41, 5.74) is 3.76. The zero-order valence-electron chi connectivity index (χ0n) is 15.5. The maximum Gasteiger partial charge on any atom is 0.267 e. The SMILES string of the molecule is CCOc1ccc(NC(=O)c2scc(-c3ccccc3)c2-n2cccc2)cc1. The quantitative estimate of drug-likeness (QED) is 0.450. The maximum absolute atomic E-state index is 13.0. The summed E-state index contributed by atoms with van der Waals surface area (Å²) in [4.78, 5) is 13.7. The van der Waals surface area contributed by atoms with Crippen molar-refractivity contribution in [2.75, 3.05) is 11.9 Å². The molecular formula is C23H20N2O2S. The molecule has 28 heavy (non-hydrogen) atoms. The average Bonchev–Trinajstić information content (AvgIpc) is 3.40. The zero-order chi connectivity index (χ0) is 19.3. The van der Waals surface area contributed by atoms with Gasteiger partial charge in [-0.15, -0.1) is 11.3 Å². The van der Waals surface area contributed by atoms with Gasteiger partial charge >= 0.3 is 0 Å². The van der Waals surface area contributed by atoms with Crippen molar-refractivity contribution >= 4 is 22.9 Å². The highest BCUT2D eigenvalue weighted by Crippen LogP contribution is 2.35. The van der Waals surface area contributed by atoms with Crippen LogP contribution in [0, 0.1) is 0 Å². The summed E-state index contributed by atoms with van der Waals surface area (Å²) in [6, 6.07) is 21.5. The van der Waals surface area contributed by atoms with E-state index < -0.39 is 0 Å². The number of amides is 1. The second-order valence-electron chi connectivity index (χ2n) is 6.19. The molecule has 0 saturated heterocycles. The Morgan fingerprint density at radius 3 is 2.39 bits per heavy atom. The van der Waals surface area contributed by atoms with Gasteiger partial charge in [-0.25, -0.2) is 0 Å². The van der Waals surface area contributed by atoms with E-state index in [0.29, 0.717) is 11.5 Å². The van der Waals surface area contributed by atoms with Gasteiger partial charge in [0.25, 0.3) is 5.91 Å². The van der Waals surface area contributed by atoms with Crippen LogP contribution in [0.25, 0.3) is 16.8 Å². The summed E-state index contributed by atoms with van der Waals surface area (Å²) in [7, 11) is 0. The van der Waals surface area contributed by atoms with E-state index in [1.165, 1.54) is 11.3 Å². The maximum atomic E-state index is 13.0. The molecule has 2 aromatic carbocycles. The Bertz CT molecular complexity index is 1050. The Labute approximate surface area is 168 Å². The highest BCUT2D eigenvalue weighted by Gasteiger charge is 2.20. The largest absolute Gasteiger partial charge is 0.494 e. The second kappa shape index (κ2) is 8.15. The minimum atomic E-state index is -0.125. The number of hydrogen-bond acceptors (Lipinski definition) is 3. The molecule has 0 aliphatic heterocycles. The van der Waals surface area contributed by atoms with Crippen molar-refractivity contribution in [2.45, 2.75) is 6.92 Å². The van der Waals surface area contributed by atoms with Gasteiger partial charge in [-0.3, -0.25) is 4.79 Å². The smallest absolute Gasteiger partial charge is 0.267 e. The number of aromatic nitrogens is 1. The van der Waals surface area contributed by atoms with Crippen molar-refractivity contribution in [3.05, 3.63) is 89.4 Å². The lowest BCUT2D eigenvalue weighted by atomic mass is 10.1. The third kappa shape index (κ3) is 3.70. The number of carbonyl (C=O) groups is 1. The molecule has 0 spiro atoms. The predicted octanol–water partition coefficient (Wildman–Crippen LogP) is 5.86. The first-order valence-electron chi connectivity index (χ1n) is 9.10. The number of benzene rings is 2. The van der Waals surface area contributed by atoms with Crippen LogP contribution in [0.15, 0.2) is 84.5 Å². The van der Waals surface area contributed by atoms with Gasteiger partial charge in [-0.2, -0.15) is 0 Å². The predicted molar refractivity (Wildman–Crippen MR) is 115 cm³/mol. The van der Waals surface area contributed by atoms with E-state index in [2.05, 4.69) is 17.4 Å². The topological polar surface area (TPSA) is 43.3 Å². The van der Waals surface area contributed by atoms with Gasteiger partial charge in [0.15, 0.2) is 0 Å². The monoisotopic (exact) mass is 388 g/mol. The number of anilines is 1. The number of rotatable bonds is 6. The van der Waals surface area contributed by atoms with E-state index in [9.17, 15) is 4.79 Å². The van der Waals surface area contributed by atoms with Crippen molar-refractivity contribution in [3.8, 4) is 22.6 Å². The van der Waals surface area contributed by atoms with E-state index in [1.54, 1.807) is 0 Å². The van der Waals surface area contributed by atoms with Gasteiger partial charge in [-0.05, 0) is 48.9 Å². The van der Waals surface area contributed by atoms with Crippen LogP contribution in [0.4, 0.5) is 5.69 Å². The van der Waals surface area contributed by atoms with Crippen LogP contribution in [0.5, 0.6) is 5.75 Å². The Balaban J connectivity index is 1.67. The molecule has 1 amide bonds. The van der Waals surface area contributed by atoms with Crippen LogP contribution < -0.4 is 10.1 Å². The van der Waals surface area contributed by atoms with E-state index in [-0.39, 0.29) is 5.91 Å². The van der Waals surface area contributed by atoms with Crippen molar-refractivity contribution in [1.82, 2.24) is 4.57 Å². The number of carbonyl (C=O) groups excluding carboxylic acids is 1. The molecule has 0 aliphatic carbocycles. The van der Waals surface area contributed by atoms with E-state index >= 15 is 0 Å². The van der Waals surface area contributed by atoms with Gasteiger partial charge in [0, 0.05) is 29.0 Å². The van der Waals surface area contributed by atoms with Crippen molar-refractivity contribution < 1.29 is 9.53 Å². The molecule has 0 saturated carbocycles. The molecule has 5 heteroatoms. The van der Waals surface area contributed by atoms with Gasteiger partial charge in [0.2, 0.25) is 0 Å². The normalized spacial score (nSPS) is 10.6. The molecule has 0 fully saturated rings. The minimum absolute atomic E-state index is 0.125. The van der Waals surface area contributed by atoms with Crippen molar-refractivity contribution in [2.24, 2.45) is 0 Å². The second-order valence-corrected chi connectivity index (χ2v) is 7.07. The van der Waals surface area contributed by atoms with E-state index in [1.807, 2.05) is 83.9 Å². The van der Waals surface area contributed by atoms with Crippen LogP contribution in [0.2, 0.25) is 0 Å². The van der Waals surface area contributed by atoms with Crippen LogP contribution in [0.3, 0.4) is 0 Å². The fourth-order valence-electron chi connectivity index (χ4n) is 3.06. The van der Waals surface area contributed by atoms with Gasteiger partial charge < -0.3 is 14.6 Å². The minimum Gasteiger partial charge on any atom is -0.494 e. The highest BCUT2D eigenvalue weighted by molar-refractivity contribution is 7.13. The molecule has 0 atom stereocenters. The van der Waals surface area contributed by atoms with Crippen molar-refractivity contribution in [3.63, 3.8) is 0 Å². The fourth-order valence-corrected chi connectivity index (χ4v) is 4.03. The molecule has 2 heterocycles. The summed E-state index contributed by atoms with van der Waals surface area (Å²) in [6.07, 6.45) is 3.92. The third-order valence-corrected chi connectivity index (χ3v) is 5.31. The molecule has 2 aromatic heterocycles. The molecule has 140 valence electrons. The van der Waals surface area contributed by atoms with Crippen molar-refractivity contribution in [1.29, 1.82) is 0 Å². The number of nitrogens with one attached hydrogen (secondary N) is 1. The highest BCUT2D eigenvalue weighted by atomic mass is 32.1. The summed E-state index contributed by atoms with van der Waals surface area (Å²) in [6.45, 7) is 2.56. The van der Waals surface area contributed by atoms with Crippen LogP contribution >= 0.6 is 11.3 Å². The van der Waals surface area contributed by atoms with Gasteiger partial charge in [0.05, 0.1) is 12.3 Å². The fraction of sp³-hybridized carbons (Fsp3) is 0.0870.